The molecule has 0 bridgehead atoms. The molecule has 0 amide bonds. The highest BCUT2D eigenvalue weighted by molar-refractivity contribution is 5.23. The normalized spacial score (nSPS) is 12.9. The van der Waals surface area contributed by atoms with Gasteiger partial charge in [-0.3, -0.25) is 14.9 Å². The van der Waals surface area contributed by atoms with Crippen LogP contribution in [0.1, 0.15) is 34.2 Å². The molecule has 5 N–H and O–H groups in total. The van der Waals surface area contributed by atoms with E-state index in [9.17, 15) is 10.2 Å². The fourth-order valence-corrected chi connectivity index (χ4v) is 4.61. The van der Waals surface area contributed by atoms with E-state index in [1.54, 1.807) is 0 Å². The molecule has 2 heterocycles. The van der Waals surface area contributed by atoms with Crippen molar-refractivity contribution in [1.82, 2.24) is 30.8 Å². The van der Waals surface area contributed by atoms with Crippen LogP contribution in [0.15, 0.2) is 103 Å². The summed E-state index contributed by atoms with van der Waals surface area (Å²) >= 11 is 0. The zero-order chi connectivity index (χ0) is 28.5. The van der Waals surface area contributed by atoms with Crippen LogP contribution in [-0.2, 0) is 26.2 Å². The molecular weight excluding hydrogens is 512 g/mol. The molecule has 0 aliphatic carbocycles. The highest BCUT2D eigenvalue weighted by atomic mass is 16.3. The number of hydrogen-bond donors (Lipinski definition) is 5. The van der Waals surface area contributed by atoms with Crippen molar-refractivity contribution in [3.8, 4) is 0 Å². The molecule has 0 aliphatic heterocycles. The molecular formula is C33H42N6O2. The molecule has 0 fully saturated rings. The van der Waals surface area contributed by atoms with E-state index < -0.39 is 12.1 Å². The summed E-state index contributed by atoms with van der Waals surface area (Å²) in [5.74, 6) is 0. The van der Waals surface area contributed by atoms with Gasteiger partial charge in [0, 0.05) is 64.8 Å². The molecule has 2 atom stereocenters. The molecule has 2 unspecified atom stereocenters. The average molecular weight is 555 g/mol. The summed E-state index contributed by atoms with van der Waals surface area (Å²) in [4.78, 5) is 11.2. The van der Waals surface area contributed by atoms with E-state index in [0.717, 1.165) is 68.3 Å². The summed E-state index contributed by atoms with van der Waals surface area (Å²) in [5.41, 5.74) is 5.22. The molecule has 0 saturated carbocycles. The molecule has 0 saturated heterocycles. The Labute approximate surface area is 243 Å². The zero-order valence-corrected chi connectivity index (χ0v) is 23.6. The molecule has 0 radical (unpaired) electrons. The quantitative estimate of drug-likeness (QED) is 0.120. The molecule has 8 heteroatoms. The smallest absolute Gasteiger partial charge is 0.0965 e. The van der Waals surface area contributed by atoms with E-state index in [4.69, 9.17) is 0 Å². The molecule has 2 aromatic carbocycles. The van der Waals surface area contributed by atoms with E-state index in [1.165, 1.54) is 5.56 Å². The lowest BCUT2D eigenvalue weighted by atomic mass is 10.0. The average Bonchev–Trinajstić information content (AvgIpc) is 3.03. The number of aromatic nitrogens is 2. The Morgan fingerprint density at radius 1 is 0.659 bits per heavy atom. The Morgan fingerprint density at radius 3 is 1.76 bits per heavy atom. The maximum atomic E-state index is 10.7. The van der Waals surface area contributed by atoms with Gasteiger partial charge < -0.3 is 26.2 Å². The van der Waals surface area contributed by atoms with Gasteiger partial charge in [-0.25, -0.2) is 0 Å². The number of pyridine rings is 2. The molecule has 0 spiro atoms. The summed E-state index contributed by atoms with van der Waals surface area (Å²) in [7, 11) is 0. The molecule has 2 aromatic heterocycles. The molecule has 8 nitrogen and oxygen atoms in total. The maximum Gasteiger partial charge on any atom is 0.0965 e. The number of nitrogens with zero attached hydrogens (tertiary/aromatic N) is 3. The second-order valence-electron chi connectivity index (χ2n) is 10.1. The molecule has 4 aromatic rings. The first kappa shape index (κ1) is 30.5. The zero-order valence-electron chi connectivity index (χ0n) is 23.6. The third kappa shape index (κ3) is 10.8. The molecule has 41 heavy (non-hydrogen) atoms. The number of aliphatic hydroxyl groups is 2. The van der Waals surface area contributed by atoms with Crippen molar-refractivity contribution in [2.24, 2.45) is 0 Å². The summed E-state index contributed by atoms with van der Waals surface area (Å²) < 4.78 is 0. The lowest BCUT2D eigenvalue weighted by Gasteiger charge is -2.24. The number of benzene rings is 2. The lowest BCUT2D eigenvalue weighted by Crippen LogP contribution is -2.37. The Kier molecular flexibility index (Phi) is 12.9. The van der Waals surface area contributed by atoms with Crippen LogP contribution in [0.4, 0.5) is 0 Å². The van der Waals surface area contributed by atoms with Crippen molar-refractivity contribution in [2.45, 2.75) is 38.3 Å². The predicted molar refractivity (Wildman–Crippen MR) is 163 cm³/mol. The largest absolute Gasteiger partial charge is 0.395 e. The Morgan fingerprint density at radius 2 is 1.22 bits per heavy atom. The first-order valence-corrected chi connectivity index (χ1v) is 14.3. The Balaban J connectivity index is 1.27. The van der Waals surface area contributed by atoms with Crippen LogP contribution in [0.5, 0.6) is 0 Å². The first-order chi connectivity index (χ1) is 20.2. The second kappa shape index (κ2) is 17.3. The topological polar surface area (TPSA) is 106 Å². The van der Waals surface area contributed by atoms with Gasteiger partial charge in [-0.05, 0) is 41.0 Å². The summed E-state index contributed by atoms with van der Waals surface area (Å²) in [6, 6.07) is 29.5. The van der Waals surface area contributed by atoms with Crippen molar-refractivity contribution in [3.05, 3.63) is 131 Å². The van der Waals surface area contributed by atoms with E-state index in [0.29, 0.717) is 6.54 Å². The maximum absolute atomic E-state index is 10.7. The van der Waals surface area contributed by atoms with Gasteiger partial charge in [0.1, 0.15) is 0 Å². The van der Waals surface area contributed by atoms with Crippen molar-refractivity contribution < 1.29 is 10.2 Å². The van der Waals surface area contributed by atoms with Gasteiger partial charge in [0.25, 0.3) is 0 Å². The van der Waals surface area contributed by atoms with E-state index in [2.05, 4.69) is 55.1 Å². The minimum Gasteiger partial charge on any atom is -0.395 e. The Bertz CT molecular complexity index is 1180. The lowest BCUT2D eigenvalue weighted by molar-refractivity contribution is 0.0892. The van der Waals surface area contributed by atoms with Gasteiger partial charge in [0.05, 0.1) is 30.1 Å². The minimum absolute atomic E-state index is 0.147. The van der Waals surface area contributed by atoms with Crippen LogP contribution >= 0.6 is 0 Å². The van der Waals surface area contributed by atoms with E-state index in [1.807, 2.05) is 79.1 Å². The number of rotatable bonds is 18. The molecule has 4 rings (SSSR count). The van der Waals surface area contributed by atoms with Crippen LogP contribution < -0.4 is 16.0 Å². The van der Waals surface area contributed by atoms with Gasteiger partial charge in [-0.1, -0.05) is 66.7 Å². The number of hydrogen-bond acceptors (Lipinski definition) is 8. The number of nitrogens with one attached hydrogen (secondary N) is 3. The first-order valence-electron chi connectivity index (χ1n) is 14.3. The van der Waals surface area contributed by atoms with Crippen molar-refractivity contribution in [2.75, 3.05) is 32.8 Å². The SMILES string of the molecule is OCC(NCc1ccc(CN(CCNCc2ccccn2)CCNCc2ccccn2)cc1)C(O)c1ccccc1. The summed E-state index contributed by atoms with van der Waals surface area (Å²) in [5, 5.41) is 30.8. The third-order valence-electron chi connectivity index (χ3n) is 6.99. The van der Waals surface area contributed by atoms with Gasteiger partial charge in [0.15, 0.2) is 0 Å². The van der Waals surface area contributed by atoms with Crippen molar-refractivity contribution in [1.29, 1.82) is 0 Å². The van der Waals surface area contributed by atoms with E-state index in [-0.39, 0.29) is 6.61 Å². The Hall–Kier alpha value is -3.50. The van der Waals surface area contributed by atoms with Crippen molar-refractivity contribution in [3.63, 3.8) is 0 Å². The van der Waals surface area contributed by atoms with Gasteiger partial charge in [0.2, 0.25) is 0 Å². The van der Waals surface area contributed by atoms with Crippen LogP contribution in [-0.4, -0.2) is 63.9 Å². The van der Waals surface area contributed by atoms with Crippen LogP contribution in [0.25, 0.3) is 0 Å². The van der Waals surface area contributed by atoms with Crippen LogP contribution in [0, 0.1) is 0 Å². The third-order valence-corrected chi connectivity index (χ3v) is 6.99. The fraction of sp³-hybridized carbons (Fsp3) is 0.333. The van der Waals surface area contributed by atoms with Gasteiger partial charge in [-0.2, -0.15) is 0 Å². The summed E-state index contributed by atoms with van der Waals surface area (Å²) in [6.07, 6.45) is 2.88. The monoisotopic (exact) mass is 554 g/mol. The minimum atomic E-state index is -0.772. The predicted octanol–water partition coefficient (Wildman–Crippen LogP) is 3.04. The van der Waals surface area contributed by atoms with E-state index >= 15 is 0 Å². The van der Waals surface area contributed by atoms with Gasteiger partial charge >= 0.3 is 0 Å². The highest BCUT2D eigenvalue weighted by Gasteiger charge is 2.19. The number of aliphatic hydroxyl groups excluding tert-OH is 2. The highest BCUT2D eigenvalue weighted by Crippen LogP contribution is 2.17. The standard InChI is InChI=1S/C33H42N6O2/c40-26-32(33(41)29-8-2-1-3-9-29)38-22-27-12-14-28(15-13-27)25-39(20-18-34-23-30-10-4-6-16-36-30)21-19-35-24-31-11-5-7-17-37-31/h1-17,32-35,38,40-41H,18-26H2. The summed E-state index contributed by atoms with van der Waals surface area (Å²) in [6.45, 7) is 6.32. The van der Waals surface area contributed by atoms with Crippen molar-refractivity contribution >= 4 is 0 Å². The van der Waals surface area contributed by atoms with Crippen LogP contribution in [0.2, 0.25) is 0 Å². The fourth-order valence-electron chi connectivity index (χ4n) is 4.61. The molecule has 216 valence electrons. The molecule has 0 aliphatic rings. The van der Waals surface area contributed by atoms with Gasteiger partial charge in [-0.15, -0.1) is 0 Å². The van der Waals surface area contributed by atoms with Crippen LogP contribution in [0.3, 0.4) is 0 Å². The second-order valence-corrected chi connectivity index (χ2v) is 10.1.